The molecule has 1 aliphatic heterocycles. The molecule has 0 aromatic heterocycles. The Bertz CT molecular complexity index is 194. The molecule has 1 saturated heterocycles. The summed E-state index contributed by atoms with van der Waals surface area (Å²) in [7, 11) is 0. The Morgan fingerprint density at radius 1 is 1.40 bits per heavy atom. The average Bonchev–Trinajstić information content (AvgIpc) is 2.27. The second-order valence-corrected chi connectivity index (χ2v) is 4.26. The minimum absolute atomic E-state index is 0.0362. The van der Waals surface area contributed by atoms with Gasteiger partial charge in [-0.3, -0.25) is 4.79 Å². The summed E-state index contributed by atoms with van der Waals surface area (Å²) in [4.78, 5) is 11.2. The fourth-order valence-electron chi connectivity index (χ4n) is 2.37. The maximum Gasteiger partial charge on any atom is 0.305 e. The van der Waals surface area contributed by atoms with Gasteiger partial charge in [-0.1, -0.05) is 13.3 Å². The van der Waals surface area contributed by atoms with Gasteiger partial charge in [0, 0.05) is 6.42 Å². The van der Waals surface area contributed by atoms with Gasteiger partial charge in [0.15, 0.2) is 0 Å². The average molecular weight is 213 g/mol. The van der Waals surface area contributed by atoms with Crippen molar-refractivity contribution in [1.29, 1.82) is 0 Å². The van der Waals surface area contributed by atoms with E-state index in [9.17, 15) is 4.79 Å². The maximum atomic E-state index is 11.2. The van der Waals surface area contributed by atoms with E-state index in [0.29, 0.717) is 18.9 Å². The highest BCUT2D eigenvalue weighted by Gasteiger charge is 2.23. The van der Waals surface area contributed by atoms with Crippen LogP contribution < -0.4 is 5.32 Å². The monoisotopic (exact) mass is 213 g/mol. The topological polar surface area (TPSA) is 38.3 Å². The Morgan fingerprint density at radius 2 is 2.20 bits per heavy atom. The summed E-state index contributed by atoms with van der Waals surface area (Å²) in [5.74, 6) is 1.42. The van der Waals surface area contributed by atoms with E-state index in [2.05, 4.69) is 12.2 Å². The van der Waals surface area contributed by atoms with Crippen molar-refractivity contribution in [2.24, 2.45) is 11.8 Å². The van der Waals surface area contributed by atoms with Crippen LogP contribution in [0.3, 0.4) is 0 Å². The number of hydrogen-bond donors (Lipinski definition) is 1. The van der Waals surface area contributed by atoms with E-state index in [1.807, 2.05) is 6.92 Å². The Labute approximate surface area is 92.6 Å². The molecule has 0 spiro atoms. The molecule has 2 atom stereocenters. The summed E-state index contributed by atoms with van der Waals surface area (Å²) in [5.41, 5.74) is 0. The van der Waals surface area contributed by atoms with Crippen LogP contribution in [0.5, 0.6) is 0 Å². The van der Waals surface area contributed by atoms with Crippen LogP contribution in [0.25, 0.3) is 0 Å². The van der Waals surface area contributed by atoms with Crippen LogP contribution in [0.1, 0.15) is 39.5 Å². The molecule has 1 aliphatic rings. The molecule has 3 heteroatoms. The van der Waals surface area contributed by atoms with E-state index < -0.39 is 0 Å². The van der Waals surface area contributed by atoms with Gasteiger partial charge >= 0.3 is 5.97 Å². The first-order valence-electron chi connectivity index (χ1n) is 6.14. The molecule has 1 fully saturated rings. The lowest BCUT2D eigenvalue weighted by atomic mass is 9.82. The van der Waals surface area contributed by atoms with Gasteiger partial charge in [-0.25, -0.2) is 0 Å². The number of carbonyl (C=O) groups is 1. The van der Waals surface area contributed by atoms with Crippen LogP contribution in [0, 0.1) is 11.8 Å². The molecule has 3 nitrogen and oxygen atoms in total. The molecule has 88 valence electrons. The van der Waals surface area contributed by atoms with E-state index >= 15 is 0 Å². The highest BCUT2D eigenvalue weighted by atomic mass is 16.5. The molecule has 1 N–H and O–H groups in total. The van der Waals surface area contributed by atoms with Crippen molar-refractivity contribution in [1.82, 2.24) is 5.32 Å². The fourth-order valence-corrected chi connectivity index (χ4v) is 2.37. The maximum absolute atomic E-state index is 11.2. The van der Waals surface area contributed by atoms with E-state index in [4.69, 9.17) is 4.74 Å². The van der Waals surface area contributed by atoms with Crippen molar-refractivity contribution in [3.8, 4) is 0 Å². The number of piperidine rings is 1. The number of hydrogen-bond acceptors (Lipinski definition) is 3. The van der Waals surface area contributed by atoms with Gasteiger partial charge in [-0.15, -0.1) is 0 Å². The van der Waals surface area contributed by atoms with Gasteiger partial charge in [0.2, 0.25) is 0 Å². The van der Waals surface area contributed by atoms with Gasteiger partial charge in [0.1, 0.15) is 0 Å². The summed E-state index contributed by atoms with van der Waals surface area (Å²) < 4.78 is 4.95. The molecule has 0 aromatic rings. The number of nitrogens with one attached hydrogen (secondary N) is 1. The first-order chi connectivity index (χ1) is 7.27. The summed E-state index contributed by atoms with van der Waals surface area (Å²) in [6.07, 6.45) is 4.01. The van der Waals surface area contributed by atoms with Crippen molar-refractivity contribution < 1.29 is 9.53 Å². The molecule has 1 rings (SSSR count). The Hall–Kier alpha value is -0.570. The van der Waals surface area contributed by atoms with Gasteiger partial charge < -0.3 is 10.1 Å². The minimum Gasteiger partial charge on any atom is -0.466 e. The molecular weight excluding hydrogens is 190 g/mol. The van der Waals surface area contributed by atoms with Crippen molar-refractivity contribution in [3.05, 3.63) is 0 Å². The Morgan fingerprint density at radius 3 is 2.87 bits per heavy atom. The first kappa shape index (κ1) is 12.5. The largest absolute Gasteiger partial charge is 0.466 e. The number of ether oxygens (including phenoxy) is 1. The van der Waals surface area contributed by atoms with Crippen molar-refractivity contribution in [3.63, 3.8) is 0 Å². The molecule has 0 saturated carbocycles. The molecule has 0 bridgehead atoms. The highest BCUT2D eigenvalue weighted by molar-refractivity contribution is 5.69. The predicted octanol–water partition coefficient (Wildman–Crippen LogP) is 1.97. The molecule has 1 heterocycles. The zero-order valence-electron chi connectivity index (χ0n) is 9.92. The third-order valence-electron chi connectivity index (χ3n) is 3.31. The number of rotatable bonds is 5. The molecule has 0 radical (unpaired) electrons. The quantitative estimate of drug-likeness (QED) is 0.710. The smallest absolute Gasteiger partial charge is 0.305 e. The zero-order chi connectivity index (χ0) is 11.1. The Balaban J connectivity index is 2.26. The lowest BCUT2D eigenvalue weighted by Crippen LogP contribution is -2.36. The SMILES string of the molecule is CCOC(=O)CCC1CCNCC1CC. The van der Waals surface area contributed by atoms with E-state index in [-0.39, 0.29) is 5.97 Å². The third-order valence-corrected chi connectivity index (χ3v) is 3.31. The van der Waals surface area contributed by atoms with Gasteiger partial charge in [-0.2, -0.15) is 0 Å². The van der Waals surface area contributed by atoms with Crippen LogP contribution in [0.2, 0.25) is 0 Å². The van der Waals surface area contributed by atoms with Gasteiger partial charge in [0.25, 0.3) is 0 Å². The molecule has 15 heavy (non-hydrogen) atoms. The number of esters is 1. The summed E-state index contributed by atoms with van der Waals surface area (Å²) in [5, 5.41) is 3.41. The van der Waals surface area contributed by atoms with Crippen LogP contribution in [0.4, 0.5) is 0 Å². The molecule has 0 aliphatic carbocycles. The molecular formula is C12H23NO2. The van der Waals surface area contributed by atoms with Gasteiger partial charge in [-0.05, 0) is 44.7 Å². The van der Waals surface area contributed by atoms with E-state index in [0.717, 1.165) is 25.4 Å². The predicted molar refractivity (Wildman–Crippen MR) is 60.6 cm³/mol. The van der Waals surface area contributed by atoms with Crippen LogP contribution in [0.15, 0.2) is 0 Å². The minimum atomic E-state index is -0.0362. The summed E-state index contributed by atoms with van der Waals surface area (Å²) in [6.45, 7) is 6.81. The van der Waals surface area contributed by atoms with E-state index in [1.165, 1.54) is 12.8 Å². The highest BCUT2D eigenvalue weighted by Crippen LogP contribution is 2.26. The fraction of sp³-hybridized carbons (Fsp3) is 0.917. The van der Waals surface area contributed by atoms with Crippen LogP contribution in [-0.2, 0) is 9.53 Å². The van der Waals surface area contributed by atoms with Gasteiger partial charge in [0.05, 0.1) is 6.61 Å². The van der Waals surface area contributed by atoms with Crippen molar-refractivity contribution in [2.75, 3.05) is 19.7 Å². The van der Waals surface area contributed by atoms with Crippen molar-refractivity contribution >= 4 is 5.97 Å². The molecule has 0 amide bonds. The number of carbonyl (C=O) groups excluding carboxylic acids is 1. The standard InChI is InChI=1S/C12H23NO2/c1-3-10-9-13-8-7-11(10)5-6-12(14)15-4-2/h10-11,13H,3-9H2,1-2H3. The van der Waals surface area contributed by atoms with E-state index in [1.54, 1.807) is 0 Å². The van der Waals surface area contributed by atoms with Crippen LogP contribution >= 0.6 is 0 Å². The molecule has 2 unspecified atom stereocenters. The third kappa shape index (κ3) is 4.20. The lowest BCUT2D eigenvalue weighted by molar-refractivity contribution is -0.143. The summed E-state index contributed by atoms with van der Waals surface area (Å²) >= 11 is 0. The lowest BCUT2D eigenvalue weighted by Gasteiger charge is -2.31. The first-order valence-corrected chi connectivity index (χ1v) is 6.14. The Kier molecular flexibility index (Phi) is 5.69. The zero-order valence-corrected chi connectivity index (χ0v) is 9.92. The van der Waals surface area contributed by atoms with Crippen LogP contribution in [-0.4, -0.2) is 25.7 Å². The summed E-state index contributed by atoms with van der Waals surface area (Å²) in [6, 6.07) is 0. The molecule has 0 aromatic carbocycles. The normalized spacial score (nSPS) is 26.3. The van der Waals surface area contributed by atoms with Crippen molar-refractivity contribution in [2.45, 2.75) is 39.5 Å². The second-order valence-electron chi connectivity index (χ2n) is 4.26. The second kappa shape index (κ2) is 6.83.